The Labute approximate surface area is 140 Å². The highest BCUT2D eigenvalue weighted by atomic mass is 35.5. The number of hydrogen-bond acceptors (Lipinski definition) is 4. The van der Waals surface area contributed by atoms with Crippen LogP contribution in [0.2, 0.25) is 5.15 Å². The second-order valence-corrected chi connectivity index (χ2v) is 6.23. The van der Waals surface area contributed by atoms with Gasteiger partial charge in [0.25, 0.3) is 5.91 Å². The summed E-state index contributed by atoms with van der Waals surface area (Å²) in [6.07, 6.45) is 2.04. The Morgan fingerprint density at radius 2 is 2.04 bits per heavy atom. The van der Waals surface area contributed by atoms with Gasteiger partial charge in [0.1, 0.15) is 11.0 Å². The molecule has 0 radical (unpaired) electrons. The van der Waals surface area contributed by atoms with E-state index in [2.05, 4.69) is 22.2 Å². The molecule has 124 valence electrons. The average Bonchev–Trinajstić information content (AvgIpc) is 3.04. The SMILES string of the molecule is CCCCn1nc(C)c(C(=O)N2CCn3c(C)nnc3C2)c1Cl. The summed E-state index contributed by atoms with van der Waals surface area (Å²) in [5.41, 5.74) is 1.19. The van der Waals surface area contributed by atoms with E-state index in [1.54, 1.807) is 9.58 Å². The molecule has 0 atom stereocenters. The zero-order valence-corrected chi connectivity index (χ0v) is 14.5. The van der Waals surface area contributed by atoms with Crippen molar-refractivity contribution in [3.8, 4) is 0 Å². The van der Waals surface area contributed by atoms with Crippen LogP contribution in [-0.4, -0.2) is 41.9 Å². The van der Waals surface area contributed by atoms with Crippen LogP contribution < -0.4 is 0 Å². The highest BCUT2D eigenvalue weighted by Crippen LogP contribution is 2.24. The normalized spacial score (nSPS) is 14.2. The van der Waals surface area contributed by atoms with E-state index >= 15 is 0 Å². The van der Waals surface area contributed by atoms with Gasteiger partial charge in [0.2, 0.25) is 0 Å². The molecule has 0 spiro atoms. The summed E-state index contributed by atoms with van der Waals surface area (Å²) in [6.45, 7) is 8.39. The minimum atomic E-state index is -0.0813. The van der Waals surface area contributed by atoms with E-state index in [1.165, 1.54) is 0 Å². The van der Waals surface area contributed by atoms with Gasteiger partial charge in [0, 0.05) is 19.6 Å². The Morgan fingerprint density at radius 1 is 1.26 bits per heavy atom. The average molecular weight is 337 g/mol. The Kier molecular flexibility index (Phi) is 4.39. The summed E-state index contributed by atoms with van der Waals surface area (Å²) in [4.78, 5) is 14.6. The van der Waals surface area contributed by atoms with Crippen molar-refractivity contribution in [2.45, 2.75) is 53.2 Å². The van der Waals surface area contributed by atoms with E-state index in [4.69, 9.17) is 11.6 Å². The van der Waals surface area contributed by atoms with E-state index in [1.807, 2.05) is 18.4 Å². The largest absolute Gasteiger partial charge is 0.329 e. The lowest BCUT2D eigenvalue weighted by atomic mass is 10.2. The standard InChI is InChI=1S/C15H21ClN6O/c1-4-5-6-22-14(16)13(10(2)19-22)15(23)20-7-8-21-11(3)17-18-12(21)9-20/h4-9H2,1-3H3. The molecule has 1 aliphatic heterocycles. The molecule has 0 aromatic carbocycles. The number of unbranched alkanes of at least 4 members (excludes halogenated alkanes) is 1. The molecule has 0 fully saturated rings. The van der Waals surface area contributed by atoms with Gasteiger partial charge in [-0.15, -0.1) is 10.2 Å². The lowest BCUT2D eigenvalue weighted by molar-refractivity contribution is 0.0706. The maximum atomic E-state index is 12.9. The van der Waals surface area contributed by atoms with Gasteiger partial charge in [0.15, 0.2) is 5.82 Å². The van der Waals surface area contributed by atoms with Crippen molar-refractivity contribution in [3.05, 3.63) is 28.1 Å². The van der Waals surface area contributed by atoms with Crippen LogP contribution in [0.4, 0.5) is 0 Å². The number of nitrogens with zero attached hydrogens (tertiary/aromatic N) is 6. The van der Waals surface area contributed by atoms with Gasteiger partial charge in [-0.1, -0.05) is 24.9 Å². The summed E-state index contributed by atoms with van der Waals surface area (Å²) in [6, 6.07) is 0. The molecule has 23 heavy (non-hydrogen) atoms. The fraction of sp³-hybridized carbons (Fsp3) is 0.600. The number of carbonyl (C=O) groups excluding carboxylic acids is 1. The van der Waals surface area contributed by atoms with E-state index in [-0.39, 0.29) is 5.91 Å². The van der Waals surface area contributed by atoms with Crippen molar-refractivity contribution < 1.29 is 4.79 Å². The molecule has 0 unspecified atom stereocenters. The van der Waals surface area contributed by atoms with Gasteiger partial charge in [-0.25, -0.2) is 0 Å². The smallest absolute Gasteiger partial charge is 0.259 e. The van der Waals surface area contributed by atoms with Crippen LogP contribution >= 0.6 is 11.6 Å². The molecule has 2 aromatic heterocycles. The van der Waals surface area contributed by atoms with Crippen molar-refractivity contribution in [2.24, 2.45) is 0 Å². The predicted molar refractivity (Wildman–Crippen MR) is 86.4 cm³/mol. The lowest BCUT2D eigenvalue weighted by Gasteiger charge is -2.27. The van der Waals surface area contributed by atoms with Crippen molar-refractivity contribution in [2.75, 3.05) is 6.54 Å². The first kappa shape index (κ1) is 16.0. The molecule has 3 heterocycles. The first-order valence-electron chi connectivity index (χ1n) is 7.93. The highest BCUT2D eigenvalue weighted by Gasteiger charge is 2.28. The molecule has 2 aromatic rings. The Balaban J connectivity index is 1.83. The summed E-state index contributed by atoms with van der Waals surface area (Å²) < 4.78 is 3.77. The minimum absolute atomic E-state index is 0.0813. The molecule has 1 amide bonds. The van der Waals surface area contributed by atoms with Crippen LogP contribution in [0.15, 0.2) is 0 Å². The maximum Gasteiger partial charge on any atom is 0.259 e. The molecule has 0 bridgehead atoms. The molecule has 0 N–H and O–H groups in total. The number of hydrogen-bond donors (Lipinski definition) is 0. The molecule has 0 aliphatic carbocycles. The Morgan fingerprint density at radius 3 is 2.78 bits per heavy atom. The van der Waals surface area contributed by atoms with Gasteiger partial charge in [-0.3, -0.25) is 9.48 Å². The monoisotopic (exact) mass is 336 g/mol. The van der Waals surface area contributed by atoms with Crippen LogP contribution in [0.3, 0.4) is 0 Å². The number of aryl methyl sites for hydroxylation is 3. The number of carbonyl (C=O) groups is 1. The number of fused-ring (bicyclic) bond motifs is 1. The maximum absolute atomic E-state index is 12.9. The topological polar surface area (TPSA) is 68.8 Å². The van der Waals surface area contributed by atoms with Crippen molar-refractivity contribution in [1.29, 1.82) is 0 Å². The highest BCUT2D eigenvalue weighted by molar-refractivity contribution is 6.33. The predicted octanol–water partition coefficient (Wildman–Crippen LogP) is 2.20. The first-order valence-corrected chi connectivity index (χ1v) is 8.31. The second kappa shape index (κ2) is 6.31. The fourth-order valence-corrected chi connectivity index (χ4v) is 3.23. The Bertz CT molecular complexity index is 735. The fourth-order valence-electron chi connectivity index (χ4n) is 2.89. The van der Waals surface area contributed by atoms with Gasteiger partial charge in [-0.05, 0) is 20.3 Å². The molecular formula is C15H21ClN6O. The molecule has 7 nitrogen and oxygen atoms in total. The van der Waals surface area contributed by atoms with Crippen LogP contribution in [0, 0.1) is 13.8 Å². The molecule has 1 aliphatic rings. The van der Waals surface area contributed by atoms with E-state index in [0.717, 1.165) is 31.0 Å². The third kappa shape index (κ3) is 2.85. The van der Waals surface area contributed by atoms with Gasteiger partial charge < -0.3 is 9.47 Å². The molecule has 0 saturated carbocycles. The molecular weight excluding hydrogens is 316 g/mol. The van der Waals surface area contributed by atoms with E-state index < -0.39 is 0 Å². The Hall–Kier alpha value is -1.89. The van der Waals surface area contributed by atoms with Crippen molar-refractivity contribution in [3.63, 3.8) is 0 Å². The minimum Gasteiger partial charge on any atom is -0.329 e. The molecule has 3 rings (SSSR count). The van der Waals surface area contributed by atoms with Crippen molar-refractivity contribution >= 4 is 17.5 Å². The zero-order valence-electron chi connectivity index (χ0n) is 13.7. The summed E-state index contributed by atoms with van der Waals surface area (Å²) in [7, 11) is 0. The number of halogens is 1. The summed E-state index contributed by atoms with van der Waals surface area (Å²) >= 11 is 6.40. The number of amides is 1. The van der Waals surface area contributed by atoms with E-state index in [0.29, 0.717) is 36.0 Å². The van der Waals surface area contributed by atoms with Gasteiger partial charge in [-0.2, -0.15) is 5.10 Å². The van der Waals surface area contributed by atoms with Gasteiger partial charge >= 0.3 is 0 Å². The van der Waals surface area contributed by atoms with Crippen LogP contribution in [0.25, 0.3) is 0 Å². The number of rotatable bonds is 4. The third-order valence-electron chi connectivity index (χ3n) is 4.23. The zero-order chi connectivity index (χ0) is 16.6. The van der Waals surface area contributed by atoms with Crippen molar-refractivity contribution in [1.82, 2.24) is 29.4 Å². The lowest BCUT2D eigenvalue weighted by Crippen LogP contribution is -2.39. The van der Waals surface area contributed by atoms with Crippen LogP contribution in [-0.2, 0) is 19.6 Å². The third-order valence-corrected chi connectivity index (χ3v) is 4.61. The number of aromatic nitrogens is 5. The quantitative estimate of drug-likeness (QED) is 0.858. The summed E-state index contributed by atoms with van der Waals surface area (Å²) in [5.74, 6) is 1.62. The molecule has 0 saturated heterocycles. The van der Waals surface area contributed by atoms with Crippen LogP contribution in [0.1, 0.15) is 47.5 Å². The summed E-state index contributed by atoms with van der Waals surface area (Å²) in [5, 5.41) is 13.1. The van der Waals surface area contributed by atoms with Gasteiger partial charge in [0.05, 0.1) is 17.8 Å². The van der Waals surface area contributed by atoms with Crippen LogP contribution in [0.5, 0.6) is 0 Å². The van der Waals surface area contributed by atoms with E-state index in [9.17, 15) is 4.79 Å². The first-order chi connectivity index (χ1) is 11.0. The second-order valence-electron chi connectivity index (χ2n) is 5.87. The molecule has 8 heteroatoms.